The Bertz CT molecular complexity index is 546. The highest BCUT2D eigenvalue weighted by Gasteiger charge is 2.18. The maximum atomic E-state index is 5.84. The molecule has 2 aliphatic heterocycles. The van der Waals surface area contributed by atoms with Gasteiger partial charge in [0.2, 0.25) is 0 Å². The molecule has 1 aromatic rings. The fourth-order valence-electron chi connectivity index (χ4n) is 3.24. The highest BCUT2D eigenvalue weighted by Crippen LogP contribution is 2.36. The Morgan fingerprint density at radius 2 is 1.80 bits per heavy atom. The molecule has 1 saturated heterocycles. The Labute approximate surface area is 150 Å². The molecule has 2 heterocycles. The third-order valence-corrected chi connectivity index (χ3v) is 4.83. The predicted octanol–water partition coefficient (Wildman–Crippen LogP) is 2.01. The van der Waals surface area contributed by atoms with Crippen molar-refractivity contribution in [1.82, 2.24) is 9.80 Å². The number of nitrogens with zero attached hydrogens (tertiary/aromatic N) is 2. The number of methoxy groups -OCH3 is 1. The van der Waals surface area contributed by atoms with E-state index in [0.29, 0.717) is 13.2 Å². The quantitative estimate of drug-likeness (QED) is 0.750. The third-order valence-electron chi connectivity index (χ3n) is 4.83. The van der Waals surface area contributed by atoms with E-state index in [-0.39, 0.29) is 0 Å². The van der Waals surface area contributed by atoms with Gasteiger partial charge in [-0.2, -0.15) is 0 Å². The van der Waals surface area contributed by atoms with Crippen molar-refractivity contribution in [2.75, 3.05) is 66.3 Å². The van der Waals surface area contributed by atoms with Crippen LogP contribution in [0.15, 0.2) is 12.1 Å². The van der Waals surface area contributed by atoms with E-state index in [9.17, 15) is 0 Å². The van der Waals surface area contributed by atoms with Crippen molar-refractivity contribution in [2.45, 2.75) is 19.9 Å². The van der Waals surface area contributed by atoms with Gasteiger partial charge >= 0.3 is 0 Å². The lowest BCUT2D eigenvalue weighted by Gasteiger charge is -2.30. The van der Waals surface area contributed by atoms with E-state index < -0.39 is 0 Å². The van der Waals surface area contributed by atoms with Crippen molar-refractivity contribution >= 4 is 0 Å². The number of hydrogen-bond donors (Lipinski definition) is 0. The summed E-state index contributed by atoms with van der Waals surface area (Å²) in [6.45, 7) is 11.3. The Morgan fingerprint density at radius 1 is 1.08 bits per heavy atom. The van der Waals surface area contributed by atoms with Gasteiger partial charge in [0.25, 0.3) is 0 Å². The number of benzene rings is 1. The van der Waals surface area contributed by atoms with Gasteiger partial charge in [0, 0.05) is 50.8 Å². The highest BCUT2D eigenvalue weighted by molar-refractivity contribution is 5.51. The highest BCUT2D eigenvalue weighted by atomic mass is 16.5. The number of likely N-dealkylation sites (N-methyl/N-ethyl adjacent to an activating group) is 1. The van der Waals surface area contributed by atoms with Crippen molar-refractivity contribution in [3.05, 3.63) is 17.7 Å². The molecule has 0 bridgehead atoms. The molecular weight excluding hydrogens is 320 g/mol. The van der Waals surface area contributed by atoms with Gasteiger partial charge < -0.3 is 18.9 Å². The minimum atomic E-state index is 0.691. The zero-order chi connectivity index (χ0) is 17.5. The number of ether oxygens (including phenoxy) is 4. The lowest BCUT2D eigenvalue weighted by atomic mass is 10.1. The maximum absolute atomic E-state index is 5.84. The van der Waals surface area contributed by atoms with E-state index in [1.165, 1.54) is 0 Å². The molecule has 1 aromatic carbocycles. The normalized spacial score (nSPS) is 18.2. The molecule has 0 N–H and O–H groups in total. The minimum Gasteiger partial charge on any atom is -0.496 e. The molecule has 0 aromatic heterocycles. The van der Waals surface area contributed by atoms with Crippen LogP contribution in [0, 0.1) is 0 Å². The molecule has 0 spiro atoms. The molecule has 3 rings (SSSR count). The Kier molecular flexibility index (Phi) is 6.78. The van der Waals surface area contributed by atoms with Gasteiger partial charge in [-0.25, -0.2) is 0 Å². The number of fused-ring (bicyclic) bond motifs is 1. The second kappa shape index (κ2) is 9.27. The van der Waals surface area contributed by atoms with E-state index in [2.05, 4.69) is 22.8 Å². The maximum Gasteiger partial charge on any atom is 0.164 e. The molecule has 6 heteroatoms. The SMILES string of the molecule is CCN(CCN1CCOCC1)Cc1cc2c(cc1OC)OCCCO2. The van der Waals surface area contributed by atoms with E-state index in [4.69, 9.17) is 18.9 Å². The summed E-state index contributed by atoms with van der Waals surface area (Å²) in [6.07, 6.45) is 0.910. The molecule has 2 aliphatic rings. The predicted molar refractivity (Wildman–Crippen MR) is 96.8 cm³/mol. The number of rotatable bonds is 7. The standard InChI is InChI=1S/C19H30N2O4/c1-3-20(5-6-21-7-11-23-12-8-21)15-16-13-18-19(14-17(16)22-2)25-10-4-9-24-18/h13-14H,3-12,15H2,1-2H3. The first-order chi connectivity index (χ1) is 12.3. The first kappa shape index (κ1) is 18.3. The van der Waals surface area contributed by atoms with E-state index in [1.54, 1.807) is 7.11 Å². The van der Waals surface area contributed by atoms with Crippen LogP contribution in [-0.4, -0.2) is 76.1 Å². The lowest BCUT2D eigenvalue weighted by molar-refractivity contribution is 0.0332. The number of morpholine rings is 1. The fraction of sp³-hybridized carbons (Fsp3) is 0.684. The summed E-state index contributed by atoms with van der Waals surface area (Å²) >= 11 is 0. The van der Waals surface area contributed by atoms with E-state index in [0.717, 1.165) is 81.7 Å². The van der Waals surface area contributed by atoms with Crippen LogP contribution in [0.1, 0.15) is 18.9 Å². The molecule has 140 valence electrons. The molecule has 25 heavy (non-hydrogen) atoms. The molecule has 1 fully saturated rings. The summed E-state index contributed by atoms with van der Waals surface area (Å²) in [6, 6.07) is 4.04. The van der Waals surface area contributed by atoms with Crippen LogP contribution in [0.3, 0.4) is 0 Å². The van der Waals surface area contributed by atoms with Crippen LogP contribution in [-0.2, 0) is 11.3 Å². The van der Waals surface area contributed by atoms with Crippen molar-refractivity contribution in [2.24, 2.45) is 0 Å². The Morgan fingerprint density at radius 3 is 2.48 bits per heavy atom. The van der Waals surface area contributed by atoms with Gasteiger partial charge in [0.05, 0.1) is 33.5 Å². The molecule has 6 nitrogen and oxygen atoms in total. The summed E-state index contributed by atoms with van der Waals surface area (Å²) in [5, 5.41) is 0. The topological polar surface area (TPSA) is 43.4 Å². The van der Waals surface area contributed by atoms with Gasteiger partial charge in [-0.15, -0.1) is 0 Å². The molecule has 0 radical (unpaired) electrons. The zero-order valence-electron chi connectivity index (χ0n) is 15.5. The van der Waals surface area contributed by atoms with Crippen LogP contribution >= 0.6 is 0 Å². The van der Waals surface area contributed by atoms with Gasteiger partial charge in [0.1, 0.15) is 5.75 Å². The summed E-state index contributed by atoms with van der Waals surface area (Å²) in [5.74, 6) is 2.49. The number of hydrogen-bond acceptors (Lipinski definition) is 6. The van der Waals surface area contributed by atoms with Crippen molar-refractivity contribution in [1.29, 1.82) is 0 Å². The van der Waals surface area contributed by atoms with Crippen LogP contribution in [0.25, 0.3) is 0 Å². The van der Waals surface area contributed by atoms with Crippen molar-refractivity contribution in [3.63, 3.8) is 0 Å². The fourth-order valence-corrected chi connectivity index (χ4v) is 3.24. The average Bonchev–Trinajstić information content (AvgIpc) is 2.89. The largest absolute Gasteiger partial charge is 0.496 e. The summed E-state index contributed by atoms with van der Waals surface area (Å²) in [7, 11) is 1.72. The van der Waals surface area contributed by atoms with Gasteiger partial charge in [-0.05, 0) is 12.6 Å². The molecule has 0 atom stereocenters. The smallest absolute Gasteiger partial charge is 0.164 e. The van der Waals surface area contributed by atoms with Gasteiger partial charge in [0.15, 0.2) is 11.5 Å². The van der Waals surface area contributed by atoms with Crippen molar-refractivity contribution < 1.29 is 18.9 Å². The second-order valence-electron chi connectivity index (χ2n) is 6.48. The molecule has 0 saturated carbocycles. The second-order valence-corrected chi connectivity index (χ2v) is 6.48. The summed E-state index contributed by atoms with van der Waals surface area (Å²) in [5.41, 5.74) is 1.15. The summed E-state index contributed by atoms with van der Waals surface area (Å²) in [4.78, 5) is 4.91. The first-order valence-corrected chi connectivity index (χ1v) is 9.29. The van der Waals surface area contributed by atoms with E-state index in [1.807, 2.05) is 6.07 Å². The van der Waals surface area contributed by atoms with Crippen molar-refractivity contribution in [3.8, 4) is 17.2 Å². The Balaban J connectivity index is 1.65. The molecular formula is C19H30N2O4. The van der Waals surface area contributed by atoms with Crippen LogP contribution in [0.4, 0.5) is 0 Å². The van der Waals surface area contributed by atoms with Gasteiger partial charge in [-0.1, -0.05) is 6.92 Å². The molecule has 0 aliphatic carbocycles. The minimum absolute atomic E-state index is 0.691. The monoisotopic (exact) mass is 350 g/mol. The summed E-state index contributed by atoms with van der Waals surface area (Å²) < 4.78 is 22.6. The Hall–Kier alpha value is -1.50. The van der Waals surface area contributed by atoms with Gasteiger partial charge in [-0.3, -0.25) is 9.80 Å². The molecule has 0 amide bonds. The van der Waals surface area contributed by atoms with Crippen LogP contribution in [0.5, 0.6) is 17.2 Å². The van der Waals surface area contributed by atoms with Crippen LogP contribution in [0.2, 0.25) is 0 Å². The molecule has 0 unspecified atom stereocenters. The lowest BCUT2D eigenvalue weighted by Crippen LogP contribution is -2.41. The first-order valence-electron chi connectivity index (χ1n) is 9.29. The third kappa shape index (κ3) is 5.00. The average molecular weight is 350 g/mol. The van der Waals surface area contributed by atoms with E-state index >= 15 is 0 Å². The van der Waals surface area contributed by atoms with Crippen LogP contribution < -0.4 is 14.2 Å². The zero-order valence-corrected chi connectivity index (χ0v) is 15.5.